The maximum absolute atomic E-state index is 13.2. The minimum Gasteiger partial charge on any atom is -0.292 e. The summed E-state index contributed by atoms with van der Waals surface area (Å²) in [6, 6.07) is 6.06. The number of hydrogen-bond donors (Lipinski definition) is 0. The number of aryl methyl sites for hydroxylation is 1. The minimum absolute atomic E-state index is 0.00279. The third-order valence-corrected chi connectivity index (χ3v) is 2.91. The monoisotopic (exact) mass is 252 g/mol. The predicted octanol–water partition coefficient (Wildman–Crippen LogP) is 2.64. The molecule has 0 N–H and O–H groups in total. The molecule has 5 heteroatoms. The van der Waals surface area contributed by atoms with Crippen molar-refractivity contribution >= 4 is 17.4 Å². The normalized spacial score (nSPS) is 10.5. The molecule has 88 valence electrons. The van der Waals surface area contributed by atoms with Crippen LogP contribution in [0.3, 0.4) is 0 Å². The number of halogens is 2. The number of rotatable bonds is 3. The lowest BCUT2D eigenvalue weighted by molar-refractivity contribution is 0.0984. The zero-order valence-corrected chi connectivity index (χ0v) is 9.91. The van der Waals surface area contributed by atoms with Gasteiger partial charge in [-0.3, -0.25) is 9.48 Å². The summed E-state index contributed by atoms with van der Waals surface area (Å²) < 4.78 is 14.7. The van der Waals surface area contributed by atoms with E-state index in [9.17, 15) is 9.18 Å². The molecule has 1 heterocycles. The van der Waals surface area contributed by atoms with E-state index in [1.165, 1.54) is 16.8 Å². The second-order valence-electron chi connectivity index (χ2n) is 3.65. The molecular formula is C12H10ClFN2O. The molecule has 0 radical (unpaired) electrons. The summed E-state index contributed by atoms with van der Waals surface area (Å²) in [7, 11) is 1.68. The molecular weight excluding hydrogens is 243 g/mol. The highest BCUT2D eigenvalue weighted by atomic mass is 35.5. The molecule has 0 unspecified atom stereocenters. The van der Waals surface area contributed by atoms with Crippen molar-refractivity contribution in [1.29, 1.82) is 0 Å². The molecule has 2 rings (SSSR count). The lowest BCUT2D eigenvalue weighted by Gasteiger charge is -2.04. The number of carbonyl (C=O) groups is 1. The van der Waals surface area contributed by atoms with E-state index in [1.54, 1.807) is 25.4 Å². The van der Waals surface area contributed by atoms with Gasteiger partial charge in [-0.2, -0.15) is 5.10 Å². The topological polar surface area (TPSA) is 34.9 Å². The molecule has 1 aromatic carbocycles. The van der Waals surface area contributed by atoms with Crippen LogP contribution in [-0.4, -0.2) is 15.6 Å². The second-order valence-corrected chi connectivity index (χ2v) is 4.03. The van der Waals surface area contributed by atoms with Crippen LogP contribution >= 0.6 is 11.6 Å². The van der Waals surface area contributed by atoms with Gasteiger partial charge in [0.25, 0.3) is 0 Å². The Kier molecular flexibility index (Phi) is 3.24. The molecule has 3 nitrogen and oxygen atoms in total. The quantitative estimate of drug-likeness (QED) is 0.787. The van der Waals surface area contributed by atoms with Gasteiger partial charge in [0.05, 0.1) is 5.02 Å². The van der Waals surface area contributed by atoms with Crippen molar-refractivity contribution in [1.82, 2.24) is 9.78 Å². The molecule has 0 atom stereocenters. The van der Waals surface area contributed by atoms with Crippen LogP contribution in [0.1, 0.15) is 16.1 Å². The van der Waals surface area contributed by atoms with Crippen molar-refractivity contribution < 1.29 is 9.18 Å². The number of Topliss-reactive ketones (excluding diaryl/α,β-unsaturated/α-hetero) is 1. The third-order valence-electron chi connectivity index (χ3n) is 2.49. The van der Waals surface area contributed by atoms with Gasteiger partial charge in [-0.25, -0.2) is 4.39 Å². The SMILES string of the molecule is Cn1nccc1C(=O)Cc1cccc(F)c1Cl. The molecule has 0 bridgehead atoms. The van der Waals surface area contributed by atoms with Crippen LogP contribution in [0.2, 0.25) is 5.02 Å². The molecule has 2 aromatic rings. The Morgan fingerprint density at radius 2 is 2.24 bits per heavy atom. The molecule has 0 amide bonds. The summed E-state index contributed by atoms with van der Waals surface area (Å²) in [5.41, 5.74) is 0.961. The van der Waals surface area contributed by atoms with E-state index >= 15 is 0 Å². The Labute approximate surface area is 103 Å². The lowest BCUT2D eigenvalue weighted by atomic mass is 10.1. The predicted molar refractivity (Wildman–Crippen MR) is 62.7 cm³/mol. The van der Waals surface area contributed by atoms with E-state index in [2.05, 4.69) is 5.10 Å². The van der Waals surface area contributed by atoms with E-state index in [0.717, 1.165) is 0 Å². The van der Waals surface area contributed by atoms with E-state index in [-0.39, 0.29) is 17.2 Å². The highest BCUT2D eigenvalue weighted by molar-refractivity contribution is 6.31. The number of carbonyl (C=O) groups excluding carboxylic acids is 1. The van der Waals surface area contributed by atoms with E-state index in [4.69, 9.17) is 11.6 Å². The molecule has 0 aliphatic carbocycles. The van der Waals surface area contributed by atoms with Gasteiger partial charge in [0.15, 0.2) is 5.78 Å². The van der Waals surface area contributed by atoms with Gasteiger partial charge in [-0.1, -0.05) is 23.7 Å². The Balaban J connectivity index is 2.25. The fourth-order valence-electron chi connectivity index (χ4n) is 1.60. The van der Waals surface area contributed by atoms with Crippen LogP contribution in [0.4, 0.5) is 4.39 Å². The van der Waals surface area contributed by atoms with Crippen molar-refractivity contribution in [2.24, 2.45) is 7.05 Å². The summed E-state index contributed by atoms with van der Waals surface area (Å²) in [5, 5.41) is 3.91. The first-order chi connectivity index (χ1) is 8.09. The third kappa shape index (κ3) is 2.36. The number of ketones is 1. The average molecular weight is 253 g/mol. The number of nitrogens with zero attached hydrogens (tertiary/aromatic N) is 2. The van der Waals surface area contributed by atoms with Gasteiger partial charge in [0, 0.05) is 19.7 Å². The van der Waals surface area contributed by atoms with Crippen LogP contribution in [0.25, 0.3) is 0 Å². The van der Waals surface area contributed by atoms with E-state index in [0.29, 0.717) is 11.3 Å². The van der Waals surface area contributed by atoms with E-state index in [1.807, 2.05) is 0 Å². The zero-order chi connectivity index (χ0) is 12.4. The Morgan fingerprint density at radius 3 is 2.88 bits per heavy atom. The van der Waals surface area contributed by atoms with Crippen molar-refractivity contribution in [3.05, 3.63) is 52.6 Å². The van der Waals surface area contributed by atoms with Gasteiger partial charge < -0.3 is 0 Å². The summed E-state index contributed by atoms with van der Waals surface area (Å²) in [6.45, 7) is 0. The van der Waals surface area contributed by atoms with E-state index < -0.39 is 5.82 Å². The minimum atomic E-state index is -0.512. The highest BCUT2D eigenvalue weighted by Crippen LogP contribution is 2.21. The first-order valence-corrected chi connectivity index (χ1v) is 5.41. The highest BCUT2D eigenvalue weighted by Gasteiger charge is 2.14. The molecule has 0 aliphatic heterocycles. The van der Waals surface area contributed by atoms with Crippen molar-refractivity contribution in [3.8, 4) is 0 Å². The molecule has 0 aliphatic rings. The molecule has 0 fully saturated rings. The molecule has 1 aromatic heterocycles. The number of benzene rings is 1. The fraction of sp³-hybridized carbons (Fsp3) is 0.167. The summed E-state index contributed by atoms with van der Waals surface area (Å²) in [4.78, 5) is 11.9. The summed E-state index contributed by atoms with van der Waals surface area (Å²) in [6.07, 6.45) is 1.61. The maximum Gasteiger partial charge on any atom is 0.185 e. The van der Waals surface area contributed by atoms with Crippen molar-refractivity contribution in [3.63, 3.8) is 0 Å². The second kappa shape index (κ2) is 4.67. The number of aromatic nitrogens is 2. The van der Waals surface area contributed by atoms with Gasteiger partial charge in [0.2, 0.25) is 0 Å². The smallest absolute Gasteiger partial charge is 0.185 e. The van der Waals surface area contributed by atoms with Gasteiger partial charge >= 0.3 is 0 Å². The summed E-state index contributed by atoms with van der Waals surface area (Å²) in [5.74, 6) is -0.653. The zero-order valence-electron chi connectivity index (χ0n) is 9.15. The maximum atomic E-state index is 13.2. The Hall–Kier alpha value is -1.68. The average Bonchev–Trinajstić information content (AvgIpc) is 2.71. The number of hydrogen-bond acceptors (Lipinski definition) is 2. The standard InChI is InChI=1S/C12H10ClFN2O/c1-16-10(5-6-15-16)11(17)7-8-3-2-4-9(14)12(8)13/h2-6H,7H2,1H3. The van der Waals surface area contributed by atoms with Crippen LogP contribution < -0.4 is 0 Å². The van der Waals surface area contributed by atoms with Crippen LogP contribution in [-0.2, 0) is 13.5 Å². The Morgan fingerprint density at radius 1 is 1.47 bits per heavy atom. The molecule has 0 saturated heterocycles. The Bertz CT molecular complexity index is 565. The van der Waals surface area contributed by atoms with Crippen molar-refractivity contribution in [2.45, 2.75) is 6.42 Å². The van der Waals surface area contributed by atoms with Gasteiger partial charge in [-0.15, -0.1) is 0 Å². The van der Waals surface area contributed by atoms with Gasteiger partial charge in [0.1, 0.15) is 11.5 Å². The first kappa shape index (κ1) is 11.8. The first-order valence-electron chi connectivity index (χ1n) is 5.03. The molecule has 0 spiro atoms. The fourth-order valence-corrected chi connectivity index (χ4v) is 1.79. The summed E-state index contributed by atoms with van der Waals surface area (Å²) >= 11 is 5.79. The van der Waals surface area contributed by atoms with Gasteiger partial charge in [-0.05, 0) is 17.7 Å². The van der Waals surface area contributed by atoms with Crippen LogP contribution in [0, 0.1) is 5.82 Å². The molecule has 17 heavy (non-hydrogen) atoms. The molecule has 0 saturated carbocycles. The lowest BCUT2D eigenvalue weighted by Crippen LogP contribution is -2.10. The van der Waals surface area contributed by atoms with Crippen LogP contribution in [0.15, 0.2) is 30.5 Å². The van der Waals surface area contributed by atoms with Crippen LogP contribution in [0.5, 0.6) is 0 Å². The van der Waals surface area contributed by atoms with Crippen molar-refractivity contribution in [2.75, 3.05) is 0 Å². The largest absolute Gasteiger partial charge is 0.292 e.